The number of amides is 1. The number of nitrogens with zero attached hydrogens (tertiary/aromatic N) is 1. The van der Waals surface area contributed by atoms with E-state index in [-0.39, 0.29) is 17.4 Å². The number of hydrogen-bond donors (Lipinski definition) is 1. The molecule has 1 aromatic heterocycles. The van der Waals surface area contributed by atoms with Gasteiger partial charge in [-0.2, -0.15) is 0 Å². The highest BCUT2D eigenvalue weighted by molar-refractivity contribution is 6.29. The van der Waals surface area contributed by atoms with Crippen molar-refractivity contribution in [3.63, 3.8) is 0 Å². The van der Waals surface area contributed by atoms with E-state index in [9.17, 15) is 13.6 Å². The summed E-state index contributed by atoms with van der Waals surface area (Å²) in [5.74, 6) is 0.344. The van der Waals surface area contributed by atoms with Crippen LogP contribution in [0.1, 0.15) is 30.4 Å². The lowest BCUT2D eigenvalue weighted by Crippen LogP contribution is -2.25. The minimum Gasteiger partial charge on any atom is -0.395 e. The number of ether oxygens (including phenoxy) is 2. The average Bonchev–Trinajstić information content (AvgIpc) is 2.83. The number of benzene rings is 1. The maximum Gasteiger partial charge on any atom is 0.586 e. The van der Waals surface area contributed by atoms with Gasteiger partial charge in [-0.05, 0) is 61.6 Å². The zero-order valence-corrected chi connectivity index (χ0v) is 14.8. The lowest BCUT2D eigenvalue weighted by Gasteiger charge is -2.06. The van der Waals surface area contributed by atoms with Crippen LogP contribution in [0.25, 0.3) is 0 Å². The molecular weight excluding hydrogens is 366 g/mol. The third kappa shape index (κ3) is 4.82. The average molecular weight is 383 g/mol. The highest BCUT2D eigenvalue weighted by Crippen LogP contribution is 2.41. The molecule has 0 fully saturated rings. The molecule has 0 saturated carbocycles. The first kappa shape index (κ1) is 18.4. The number of aromatic nitrogens is 1. The fourth-order valence-corrected chi connectivity index (χ4v) is 2.92. The number of alkyl halides is 2. The molecule has 1 aliphatic rings. The van der Waals surface area contributed by atoms with Crippen molar-refractivity contribution in [3.8, 4) is 11.5 Å². The van der Waals surface area contributed by atoms with Gasteiger partial charge < -0.3 is 14.8 Å². The van der Waals surface area contributed by atoms with Crippen molar-refractivity contribution in [3.05, 3.63) is 46.6 Å². The molecule has 2 aromatic rings. The molecule has 1 amide bonds. The molecule has 0 spiro atoms. The maximum atomic E-state index is 13.0. The Morgan fingerprint density at radius 3 is 2.73 bits per heavy atom. The van der Waals surface area contributed by atoms with Gasteiger partial charge in [-0.15, -0.1) is 8.78 Å². The fourth-order valence-electron chi connectivity index (χ4n) is 2.66. The first-order chi connectivity index (χ1) is 12.3. The normalized spacial score (nSPS) is 14.3. The van der Waals surface area contributed by atoms with Gasteiger partial charge in [-0.25, -0.2) is 4.98 Å². The molecule has 3 rings (SSSR count). The molecule has 0 aliphatic carbocycles. The van der Waals surface area contributed by atoms with Gasteiger partial charge in [0.15, 0.2) is 11.5 Å². The van der Waals surface area contributed by atoms with Crippen molar-refractivity contribution in [1.82, 2.24) is 4.98 Å². The van der Waals surface area contributed by atoms with E-state index in [1.165, 1.54) is 12.1 Å². The number of rotatable bonds is 6. The number of nitrogens with one attached hydrogen (secondary N) is 1. The van der Waals surface area contributed by atoms with Gasteiger partial charge in [0.25, 0.3) is 0 Å². The van der Waals surface area contributed by atoms with Gasteiger partial charge in [-0.1, -0.05) is 17.7 Å². The Labute approximate surface area is 154 Å². The summed E-state index contributed by atoms with van der Waals surface area (Å²) < 4.78 is 34.8. The Bertz CT molecular complexity index is 810. The second-order valence-electron chi connectivity index (χ2n) is 6.06. The number of anilines is 1. The zero-order valence-electron chi connectivity index (χ0n) is 14.0. The van der Waals surface area contributed by atoms with Crippen molar-refractivity contribution in [2.24, 2.45) is 0 Å². The minimum absolute atomic E-state index is 0.0300. The number of hydrogen-bond acceptors (Lipinski definition) is 4. The van der Waals surface area contributed by atoms with Crippen LogP contribution in [0.2, 0.25) is 5.15 Å². The van der Waals surface area contributed by atoms with E-state index >= 15 is 0 Å². The standard InChI is InChI=1S/C18H17ClF2N2O3/c1-11-8-15(19)22-16(9-11)23-17(24)5-3-2-4-12-6-7-13-14(10-12)26-18(20,21)25-13/h6-10H,2-5H2,1H3,(H,22,23,24). The van der Waals surface area contributed by atoms with Gasteiger partial charge in [-0.3, -0.25) is 4.79 Å². The van der Waals surface area contributed by atoms with Gasteiger partial charge in [0, 0.05) is 6.42 Å². The molecule has 0 radical (unpaired) electrons. The third-order valence-electron chi connectivity index (χ3n) is 3.79. The molecule has 2 heterocycles. The number of carbonyl (C=O) groups is 1. The Hall–Kier alpha value is -2.41. The Balaban J connectivity index is 1.44. The molecule has 1 aliphatic heterocycles. The molecule has 26 heavy (non-hydrogen) atoms. The highest BCUT2D eigenvalue weighted by atomic mass is 35.5. The van der Waals surface area contributed by atoms with Crippen LogP contribution < -0.4 is 14.8 Å². The highest BCUT2D eigenvalue weighted by Gasteiger charge is 2.43. The SMILES string of the molecule is Cc1cc(Cl)nc(NC(=O)CCCCc2ccc3c(c2)OC(F)(F)O3)c1. The van der Waals surface area contributed by atoms with Crippen LogP contribution in [0.5, 0.6) is 11.5 Å². The number of fused-ring (bicyclic) bond motifs is 1. The number of carbonyl (C=O) groups excluding carboxylic acids is 1. The fraction of sp³-hybridized carbons (Fsp3) is 0.333. The lowest BCUT2D eigenvalue weighted by molar-refractivity contribution is -0.286. The lowest BCUT2D eigenvalue weighted by atomic mass is 10.1. The number of unbranched alkanes of at least 4 members (excludes halogenated alkanes) is 1. The van der Waals surface area contributed by atoms with Gasteiger partial charge >= 0.3 is 6.29 Å². The molecular formula is C18H17ClF2N2O3. The Morgan fingerprint density at radius 1 is 1.19 bits per heavy atom. The smallest absolute Gasteiger partial charge is 0.395 e. The number of pyridine rings is 1. The van der Waals surface area contributed by atoms with E-state index in [0.29, 0.717) is 30.2 Å². The summed E-state index contributed by atoms with van der Waals surface area (Å²) in [4.78, 5) is 16.0. The molecule has 0 atom stereocenters. The predicted molar refractivity (Wildman–Crippen MR) is 92.8 cm³/mol. The van der Waals surface area contributed by atoms with Crippen LogP contribution >= 0.6 is 11.6 Å². The molecule has 138 valence electrons. The molecule has 0 saturated heterocycles. The van der Waals surface area contributed by atoms with E-state index < -0.39 is 6.29 Å². The molecule has 5 nitrogen and oxygen atoms in total. The first-order valence-electron chi connectivity index (χ1n) is 8.13. The minimum atomic E-state index is -3.61. The molecule has 1 aromatic carbocycles. The van der Waals surface area contributed by atoms with Crippen LogP contribution in [0, 0.1) is 6.92 Å². The van der Waals surface area contributed by atoms with Crippen LogP contribution in [0.3, 0.4) is 0 Å². The van der Waals surface area contributed by atoms with E-state index in [2.05, 4.69) is 19.8 Å². The van der Waals surface area contributed by atoms with Crippen LogP contribution in [-0.4, -0.2) is 17.2 Å². The van der Waals surface area contributed by atoms with Crippen molar-refractivity contribution in [1.29, 1.82) is 0 Å². The second kappa shape index (κ2) is 7.45. The zero-order chi connectivity index (χ0) is 18.7. The van der Waals surface area contributed by atoms with Crippen molar-refractivity contribution in [2.45, 2.75) is 38.9 Å². The Kier molecular flexibility index (Phi) is 5.27. The largest absolute Gasteiger partial charge is 0.586 e. The van der Waals surface area contributed by atoms with Crippen LogP contribution in [-0.2, 0) is 11.2 Å². The summed E-state index contributed by atoms with van der Waals surface area (Å²) in [6, 6.07) is 8.16. The Morgan fingerprint density at radius 2 is 1.96 bits per heavy atom. The summed E-state index contributed by atoms with van der Waals surface area (Å²) in [6.45, 7) is 1.87. The second-order valence-corrected chi connectivity index (χ2v) is 6.44. The van der Waals surface area contributed by atoms with Crippen LogP contribution in [0.15, 0.2) is 30.3 Å². The summed E-state index contributed by atoms with van der Waals surface area (Å²) in [5.41, 5.74) is 1.76. The summed E-state index contributed by atoms with van der Waals surface area (Å²) in [5, 5.41) is 3.04. The predicted octanol–water partition coefficient (Wildman–Crippen LogP) is 4.72. The third-order valence-corrected chi connectivity index (χ3v) is 3.98. The van der Waals surface area contributed by atoms with E-state index in [0.717, 1.165) is 17.5 Å². The van der Waals surface area contributed by atoms with Gasteiger partial charge in [0.2, 0.25) is 5.91 Å². The summed E-state index contributed by atoms with van der Waals surface area (Å²) >= 11 is 5.86. The van der Waals surface area contributed by atoms with E-state index in [1.807, 2.05) is 6.92 Å². The molecule has 8 heteroatoms. The first-order valence-corrected chi connectivity index (χ1v) is 8.51. The topological polar surface area (TPSA) is 60.5 Å². The van der Waals surface area contributed by atoms with E-state index in [4.69, 9.17) is 11.6 Å². The maximum absolute atomic E-state index is 13.0. The number of halogens is 3. The van der Waals surface area contributed by atoms with Crippen molar-refractivity contribution < 1.29 is 23.0 Å². The van der Waals surface area contributed by atoms with Crippen molar-refractivity contribution in [2.75, 3.05) is 5.32 Å². The van der Waals surface area contributed by atoms with E-state index in [1.54, 1.807) is 18.2 Å². The van der Waals surface area contributed by atoms with Gasteiger partial charge in [0.1, 0.15) is 11.0 Å². The summed E-state index contributed by atoms with van der Waals surface area (Å²) in [7, 11) is 0. The monoisotopic (exact) mass is 382 g/mol. The molecule has 0 unspecified atom stereocenters. The van der Waals surface area contributed by atoms with Crippen molar-refractivity contribution >= 4 is 23.3 Å². The van der Waals surface area contributed by atoms with Gasteiger partial charge in [0.05, 0.1) is 0 Å². The molecule has 1 N–H and O–H groups in total. The van der Waals surface area contributed by atoms with Crippen LogP contribution in [0.4, 0.5) is 14.6 Å². The summed E-state index contributed by atoms with van der Waals surface area (Å²) in [6.07, 6.45) is -1.26. The number of aryl methyl sites for hydroxylation is 2. The quantitative estimate of drug-likeness (QED) is 0.580. The molecule has 0 bridgehead atoms.